The van der Waals surface area contributed by atoms with Crippen LogP contribution in [-0.4, -0.2) is 47.4 Å². The van der Waals surface area contributed by atoms with Crippen LogP contribution in [0.1, 0.15) is 75.7 Å². The summed E-state index contributed by atoms with van der Waals surface area (Å²) in [4.78, 5) is 4.62. The summed E-state index contributed by atoms with van der Waals surface area (Å²) >= 11 is 0. The highest BCUT2D eigenvalue weighted by molar-refractivity contribution is 5.30. The third-order valence-electron chi connectivity index (χ3n) is 7.33. The Morgan fingerprint density at radius 1 is 0.974 bits per heavy atom. The van der Waals surface area contributed by atoms with Crippen LogP contribution in [-0.2, 0) is 23.5 Å². The van der Waals surface area contributed by atoms with Gasteiger partial charge in [-0.1, -0.05) is 61.7 Å². The summed E-state index contributed by atoms with van der Waals surface area (Å²) in [5.74, 6) is 2.17. The van der Waals surface area contributed by atoms with Gasteiger partial charge in [0, 0.05) is 5.92 Å². The van der Waals surface area contributed by atoms with Crippen molar-refractivity contribution in [3.05, 3.63) is 83.6 Å². The first-order valence-corrected chi connectivity index (χ1v) is 14.0. The lowest BCUT2D eigenvalue weighted by molar-refractivity contribution is -0.905. The number of aromatic nitrogens is 1. The second kappa shape index (κ2) is 13.3. The normalized spacial score (nSPS) is 16.4. The number of oxazole rings is 1. The Hall–Kier alpha value is -2.38. The first kappa shape index (κ1) is 31.2. The topological polar surface area (TPSA) is 64.7 Å². The van der Waals surface area contributed by atoms with E-state index in [4.69, 9.17) is 13.9 Å². The van der Waals surface area contributed by atoms with Crippen molar-refractivity contribution in [1.29, 1.82) is 0 Å². The van der Waals surface area contributed by atoms with Crippen LogP contribution in [0.15, 0.2) is 65.2 Å². The molecule has 0 bridgehead atoms. The number of hydrogen-bond acceptors (Lipinski definition) is 5. The molecule has 1 atom stereocenters. The Bertz CT molecular complexity index is 1130. The van der Waals surface area contributed by atoms with E-state index in [9.17, 15) is 5.11 Å². The fourth-order valence-electron chi connectivity index (χ4n) is 5.31. The monoisotopic (exact) mass is 556 g/mol. The maximum atomic E-state index is 12.1. The fourth-order valence-corrected chi connectivity index (χ4v) is 5.31. The summed E-state index contributed by atoms with van der Waals surface area (Å²) in [5.41, 5.74) is 0.579. The van der Waals surface area contributed by atoms with E-state index in [-0.39, 0.29) is 23.9 Å². The molecule has 1 fully saturated rings. The van der Waals surface area contributed by atoms with Crippen molar-refractivity contribution in [2.75, 3.05) is 27.2 Å². The van der Waals surface area contributed by atoms with Crippen LogP contribution in [0.2, 0.25) is 0 Å². The number of hydrogen-bond donors (Lipinski definition) is 1. The number of quaternary nitrogens is 1. The predicted molar refractivity (Wildman–Crippen MR) is 150 cm³/mol. The van der Waals surface area contributed by atoms with Gasteiger partial charge in [-0.2, -0.15) is 0 Å². The standard InChI is InChI=1S/C32H45N2O4.ClH/c1-31(2,3)38-28-18-16-25(17-19-28)24-36-21-20-34(4,5)23-29-22-33-30(37-29)32(35,26-12-8-6-9-13-26)27-14-10-7-11-15-27;/h6,8-9,12-13,16-19,22,27,35H,7,10-11,14-15,20-21,23-24H2,1-5H3;1H/q+1;/p-1/t32-;/m0./s1. The molecule has 0 aliphatic heterocycles. The number of benzene rings is 2. The molecule has 1 aliphatic carbocycles. The van der Waals surface area contributed by atoms with Crippen LogP contribution in [0.4, 0.5) is 0 Å². The molecule has 1 aliphatic rings. The summed E-state index contributed by atoms with van der Waals surface area (Å²) in [5, 5.41) is 12.1. The Kier molecular flexibility index (Phi) is 10.6. The van der Waals surface area contributed by atoms with Gasteiger partial charge in [0.2, 0.25) is 5.89 Å². The molecule has 1 N–H and O–H groups in total. The van der Waals surface area contributed by atoms with Crippen molar-refractivity contribution in [2.24, 2.45) is 5.92 Å². The van der Waals surface area contributed by atoms with Crippen LogP contribution in [0.25, 0.3) is 0 Å². The largest absolute Gasteiger partial charge is 1.00 e. The van der Waals surface area contributed by atoms with Gasteiger partial charge in [-0.3, -0.25) is 0 Å². The van der Waals surface area contributed by atoms with Crippen molar-refractivity contribution in [2.45, 2.75) is 77.2 Å². The molecular weight excluding hydrogens is 512 g/mol. The lowest BCUT2D eigenvalue weighted by atomic mass is 9.73. The zero-order valence-corrected chi connectivity index (χ0v) is 24.9. The van der Waals surface area contributed by atoms with Gasteiger partial charge in [-0.05, 0) is 56.9 Å². The minimum absolute atomic E-state index is 0. The Morgan fingerprint density at radius 2 is 1.64 bits per heavy atom. The van der Waals surface area contributed by atoms with Gasteiger partial charge in [0.25, 0.3) is 0 Å². The lowest BCUT2D eigenvalue weighted by Gasteiger charge is -2.36. The summed E-state index contributed by atoms with van der Waals surface area (Å²) < 4.78 is 18.9. The first-order valence-electron chi connectivity index (χ1n) is 14.0. The summed E-state index contributed by atoms with van der Waals surface area (Å²) in [6, 6.07) is 18.0. The molecule has 0 radical (unpaired) electrons. The first-order chi connectivity index (χ1) is 18.1. The smallest absolute Gasteiger partial charge is 0.231 e. The summed E-state index contributed by atoms with van der Waals surface area (Å²) in [7, 11) is 4.32. The van der Waals surface area contributed by atoms with Crippen molar-refractivity contribution in [1.82, 2.24) is 4.98 Å². The molecule has 1 heterocycles. The van der Waals surface area contributed by atoms with Crippen molar-refractivity contribution in [3.8, 4) is 5.75 Å². The highest BCUT2D eigenvalue weighted by atomic mass is 35.5. The Morgan fingerprint density at radius 3 is 2.28 bits per heavy atom. The molecule has 2 aromatic carbocycles. The molecule has 0 spiro atoms. The van der Waals surface area contributed by atoms with Crippen LogP contribution >= 0.6 is 0 Å². The Labute approximate surface area is 240 Å². The minimum atomic E-state index is -1.20. The molecular formula is C32H45ClN2O4. The quantitative estimate of drug-likeness (QED) is 0.289. The number of nitrogens with zero attached hydrogens (tertiary/aromatic N) is 2. The second-order valence-corrected chi connectivity index (χ2v) is 12.3. The SMILES string of the molecule is CC(C)(C)Oc1ccc(COCC[N+](C)(C)Cc2cnc([C@](O)(c3ccccc3)C3CCCCC3)o2)cc1.[Cl-]. The van der Waals surface area contributed by atoms with Crippen LogP contribution in [0.5, 0.6) is 5.75 Å². The van der Waals surface area contributed by atoms with Gasteiger partial charge in [0.15, 0.2) is 11.4 Å². The zero-order valence-electron chi connectivity index (χ0n) is 24.2. The van der Waals surface area contributed by atoms with E-state index in [1.54, 1.807) is 6.20 Å². The molecule has 3 aromatic rings. The van der Waals surface area contributed by atoms with Gasteiger partial charge < -0.3 is 35.9 Å². The fraction of sp³-hybridized carbons (Fsp3) is 0.531. The maximum absolute atomic E-state index is 12.1. The minimum Gasteiger partial charge on any atom is -1.00 e. The van der Waals surface area contributed by atoms with Crippen LogP contribution in [0, 0.1) is 5.92 Å². The van der Waals surface area contributed by atoms with E-state index in [0.717, 1.165) is 54.9 Å². The molecule has 0 saturated heterocycles. The van der Waals surface area contributed by atoms with Crippen molar-refractivity contribution >= 4 is 0 Å². The molecule has 1 aromatic heterocycles. The number of halogens is 1. The third kappa shape index (κ3) is 8.55. The molecule has 7 heteroatoms. The van der Waals surface area contributed by atoms with E-state index in [0.29, 0.717) is 30.1 Å². The number of rotatable bonds is 11. The molecule has 0 unspecified atom stereocenters. The highest BCUT2D eigenvalue weighted by Gasteiger charge is 2.44. The summed E-state index contributed by atoms with van der Waals surface area (Å²) in [6.07, 6.45) is 7.23. The van der Waals surface area contributed by atoms with Gasteiger partial charge >= 0.3 is 0 Å². The molecule has 4 rings (SSSR count). The molecule has 1 saturated carbocycles. The summed E-state index contributed by atoms with van der Waals surface area (Å²) in [6.45, 7) is 8.83. The predicted octanol–water partition coefficient (Wildman–Crippen LogP) is 3.47. The van der Waals surface area contributed by atoms with Crippen LogP contribution < -0.4 is 17.1 Å². The molecule has 39 heavy (non-hydrogen) atoms. The average molecular weight is 557 g/mol. The van der Waals surface area contributed by atoms with E-state index in [1.807, 2.05) is 63.2 Å². The van der Waals surface area contributed by atoms with Gasteiger partial charge in [0.1, 0.15) is 24.4 Å². The number of ether oxygens (including phenoxy) is 2. The molecule has 0 amide bonds. The number of aliphatic hydroxyl groups is 1. The number of likely N-dealkylation sites (N-methyl/N-ethyl adjacent to an activating group) is 1. The van der Waals surface area contributed by atoms with Gasteiger partial charge in [-0.25, -0.2) is 4.98 Å². The zero-order chi connectivity index (χ0) is 27.2. The molecule has 214 valence electrons. The highest BCUT2D eigenvalue weighted by Crippen LogP contribution is 2.43. The van der Waals surface area contributed by atoms with Crippen molar-refractivity contribution < 1.29 is 35.9 Å². The third-order valence-corrected chi connectivity index (χ3v) is 7.33. The van der Waals surface area contributed by atoms with Crippen molar-refractivity contribution in [3.63, 3.8) is 0 Å². The second-order valence-electron chi connectivity index (χ2n) is 12.3. The molecule has 6 nitrogen and oxygen atoms in total. The van der Waals surface area contributed by atoms with Gasteiger partial charge in [-0.15, -0.1) is 0 Å². The maximum Gasteiger partial charge on any atom is 0.231 e. The van der Waals surface area contributed by atoms with E-state index in [1.165, 1.54) is 6.42 Å². The van der Waals surface area contributed by atoms with E-state index < -0.39 is 5.60 Å². The van der Waals surface area contributed by atoms with E-state index in [2.05, 4.69) is 31.2 Å². The Balaban J connectivity index is 0.00000420. The van der Waals surface area contributed by atoms with E-state index >= 15 is 0 Å². The van der Waals surface area contributed by atoms with Crippen LogP contribution in [0.3, 0.4) is 0 Å². The average Bonchev–Trinajstić information content (AvgIpc) is 3.35. The van der Waals surface area contributed by atoms with Gasteiger partial charge in [0.05, 0.1) is 33.5 Å². The lowest BCUT2D eigenvalue weighted by Crippen LogP contribution is -3.00.